The summed E-state index contributed by atoms with van der Waals surface area (Å²) < 4.78 is 30.4. The van der Waals surface area contributed by atoms with Crippen LogP contribution in [0.1, 0.15) is 12.8 Å². The fourth-order valence-corrected chi connectivity index (χ4v) is 4.62. The Labute approximate surface area is 200 Å². The first-order chi connectivity index (χ1) is 16.6. The van der Waals surface area contributed by atoms with Crippen molar-refractivity contribution in [2.45, 2.75) is 31.2 Å². The molecule has 5 rings (SSSR count). The van der Waals surface area contributed by atoms with Gasteiger partial charge in [-0.1, -0.05) is 0 Å². The van der Waals surface area contributed by atoms with Gasteiger partial charge in [0.25, 0.3) is 5.56 Å². The molecule has 3 aromatic rings. The summed E-state index contributed by atoms with van der Waals surface area (Å²) in [5, 5.41) is 15.6. The van der Waals surface area contributed by atoms with Crippen LogP contribution in [-0.4, -0.2) is 92.3 Å². The van der Waals surface area contributed by atoms with Gasteiger partial charge >= 0.3 is 6.03 Å². The summed E-state index contributed by atoms with van der Waals surface area (Å²) in [6.45, 7) is 1.09. The van der Waals surface area contributed by atoms with Gasteiger partial charge in [-0.3, -0.25) is 9.36 Å². The quantitative estimate of drug-likeness (QED) is 0.597. The molecule has 4 heterocycles. The number of piperidine rings is 1. The van der Waals surface area contributed by atoms with Crippen molar-refractivity contribution in [2.24, 2.45) is 0 Å². The lowest BCUT2D eigenvalue weighted by atomic mass is 9.91. The molecule has 2 fully saturated rings. The van der Waals surface area contributed by atoms with Gasteiger partial charge in [0.1, 0.15) is 23.7 Å². The van der Waals surface area contributed by atoms with E-state index in [-0.39, 0.29) is 42.3 Å². The van der Waals surface area contributed by atoms with Gasteiger partial charge in [-0.15, -0.1) is 0 Å². The Balaban J connectivity index is 1.38. The zero-order valence-corrected chi connectivity index (χ0v) is 19.6. The summed E-state index contributed by atoms with van der Waals surface area (Å²) in [5.74, 6) is -0.459. The molecule has 12 heteroatoms. The van der Waals surface area contributed by atoms with E-state index in [1.54, 1.807) is 30.0 Å². The number of alkyl halides is 1. The molecule has 0 unspecified atom stereocenters. The lowest BCUT2D eigenvalue weighted by molar-refractivity contribution is -0.0282. The van der Waals surface area contributed by atoms with Crippen molar-refractivity contribution in [1.29, 1.82) is 0 Å². The highest BCUT2D eigenvalue weighted by Gasteiger charge is 2.35. The lowest BCUT2D eigenvalue weighted by Gasteiger charge is -2.39. The normalized spacial score (nSPS) is 18.1. The molecule has 0 spiro atoms. The van der Waals surface area contributed by atoms with E-state index >= 15 is 0 Å². The Kier molecular flexibility index (Phi) is 5.70. The van der Waals surface area contributed by atoms with Gasteiger partial charge < -0.3 is 19.8 Å². The minimum absolute atomic E-state index is 0.0456. The molecule has 2 amide bonds. The van der Waals surface area contributed by atoms with Crippen molar-refractivity contribution in [2.75, 3.05) is 45.2 Å². The summed E-state index contributed by atoms with van der Waals surface area (Å²) >= 11 is 0. The predicted octanol–water partition coefficient (Wildman–Crippen LogP) is 1.39. The second-order valence-electron chi connectivity index (χ2n) is 9.50. The number of carbonyl (C=O) groups excluding carboxylic acids is 1. The Bertz CT molecular complexity index is 1320. The van der Waals surface area contributed by atoms with Crippen LogP contribution in [0.15, 0.2) is 35.5 Å². The van der Waals surface area contributed by atoms with Crippen LogP contribution in [-0.2, 0) is 6.54 Å². The van der Waals surface area contributed by atoms with Gasteiger partial charge in [-0.2, -0.15) is 5.10 Å². The first-order valence-electron chi connectivity index (χ1n) is 11.5. The molecule has 2 aromatic heterocycles. The molecule has 10 nitrogen and oxygen atoms in total. The van der Waals surface area contributed by atoms with Crippen LogP contribution >= 0.6 is 0 Å². The van der Waals surface area contributed by atoms with E-state index in [0.717, 1.165) is 0 Å². The van der Waals surface area contributed by atoms with Crippen LogP contribution < -0.4 is 10.5 Å². The third kappa shape index (κ3) is 4.22. The van der Waals surface area contributed by atoms with Crippen molar-refractivity contribution >= 4 is 22.8 Å². The van der Waals surface area contributed by atoms with Gasteiger partial charge in [0.15, 0.2) is 5.65 Å². The molecule has 186 valence electrons. The molecule has 0 saturated carbocycles. The van der Waals surface area contributed by atoms with E-state index in [1.165, 1.54) is 38.8 Å². The first kappa shape index (κ1) is 23.2. The molecule has 0 radical (unpaired) electrons. The maximum atomic E-state index is 14.3. The standard InChI is InChI=1S/C23H27F2N7O3/c1-28(2)22(34)29-7-5-23(35,6-8-29)13-31-14-26-20-17(21(31)33)10-27-32(20)16-3-4-18(25)19(9-16)30-11-15(24)12-30/h3-4,9-10,14-15,35H,5-8,11-13H2,1-2H3. The van der Waals surface area contributed by atoms with Gasteiger partial charge in [0.05, 0.1) is 42.8 Å². The number of halogens is 2. The number of amides is 2. The smallest absolute Gasteiger partial charge is 0.319 e. The molecule has 35 heavy (non-hydrogen) atoms. The van der Waals surface area contributed by atoms with Gasteiger partial charge in [-0.25, -0.2) is 23.2 Å². The van der Waals surface area contributed by atoms with Crippen molar-refractivity contribution in [3.8, 4) is 5.69 Å². The molecule has 1 aromatic carbocycles. The number of fused-ring (bicyclic) bond motifs is 1. The summed E-state index contributed by atoms with van der Waals surface area (Å²) in [5.41, 5.74) is -0.425. The second kappa shape index (κ2) is 8.59. The van der Waals surface area contributed by atoms with Crippen LogP contribution in [0.4, 0.5) is 19.3 Å². The van der Waals surface area contributed by atoms with Crippen LogP contribution in [0.5, 0.6) is 0 Å². The number of anilines is 1. The second-order valence-corrected chi connectivity index (χ2v) is 9.50. The molecule has 1 N–H and O–H groups in total. The number of carbonyl (C=O) groups is 1. The Morgan fingerprint density at radius 3 is 2.63 bits per heavy atom. The predicted molar refractivity (Wildman–Crippen MR) is 125 cm³/mol. The zero-order valence-electron chi connectivity index (χ0n) is 19.6. The molecule has 2 aliphatic rings. The highest BCUT2D eigenvalue weighted by molar-refractivity contribution is 5.75. The van der Waals surface area contributed by atoms with Crippen LogP contribution in [0.3, 0.4) is 0 Å². The highest BCUT2D eigenvalue weighted by atomic mass is 19.1. The van der Waals surface area contributed by atoms with E-state index < -0.39 is 17.6 Å². The number of nitrogens with zero attached hydrogens (tertiary/aromatic N) is 7. The van der Waals surface area contributed by atoms with Crippen molar-refractivity contribution in [3.63, 3.8) is 0 Å². The number of urea groups is 1. The third-order valence-corrected chi connectivity index (χ3v) is 6.72. The number of rotatable bonds is 4. The average Bonchev–Trinajstić information content (AvgIpc) is 3.24. The Morgan fingerprint density at radius 2 is 1.97 bits per heavy atom. The zero-order chi connectivity index (χ0) is 24.9. The Morgan fingerprint density at radius 1 is 1.26 bits per heavy atom. The molecule has 0 aliphatic carbocycles. The fourth-order valence-electron chi connectivity index (χ4n) is 4.62. The maximum absolute atomic E-state index is 14.3. The minimum atomic E-state index is -1.14. The number of aliphatic hydroxyl groups is 1. The van der Waals surface area contributed by atoms with Gasteiger partial charge in [-0.05, 0) is 31.0 Å². The summed E-state index contributed by atoms with van der Waals surface area (Å²) in [7, 11) is 3.36. The van der Waals surface area contributed by atoms with Crippen LogP contribution in [0.25, 0.3) is 16.7 Å². The van der Waals surface area contributed by atoms with E-state index in [4.69, 9.17) is 0 Å². The Hall–Kier alpha value is -3.54. The molecular weight excluding hydrogens is 460 g/mol. The number of benzene rings is 1. The van der Waals surface area contributed by atoms with E-state index in [0.29, 0.717) is 37.3 Å². The monoisotopic (exact) mass is 487 g/mol. The number of likely N-dealkylation sites (tertiary alicyclic amines) is 1. The fraction of sp³-hybridized carbons (Fsp3) is 0.478. The molecule has 0 atom stereocenters. The topological polar surface area (TPSA) is 99.7 Å². The number of aromatic nitrogens is 4. The van der Waals surface area contributed by atoms with Crippen molar-refractivity contribution < 1.29 is 18.7 Å². The third-order valence-electron chi connectivity index (χ3n) is 6.72. The van der Waals surface area contributed by atoms with E-state index in [9.17, 15) is 23.5 Å². The van der Waals surface area contributed by atoms with Gasteiger partial charge in [0.2, 0.25) is 0 Å². The van der Waals surface area contributed by atoms with Crippen LogP contribution in [0, 0.1) is 5.82 Å². The number of hydrogen-bond donors (Lipinski definition) is 1. The van der Waals surface area contributed by atoms with Crippen molar-refractivity contribution in [1.82, 2.24) is 29.1 Å². The largest absolute Gasteiger partial charge is 0.388 e. The molecule has 0 bridgehead atoms. The summed E-state index contributed by atoms with van der Waals surface area (Å²) in [6, 6.07) is 4.26. The van der Waals surface area contributed by atoms with E-state index in [1.807, 2.05) is 0 Å². The molecule has 2 saturated heterocycles. The average molecular weight is 488 g/mol. The molecule has 2 aliphatic heterocycles. The van der Waals surface area contributed by atoms with E-state index in [2.05, 4.69) is 10.1 Å². The minimum Gasteiger partial charge on any atom is -0.388 e. The molecular formula is C23H27F2N7O3. The van der Waals surface area contributed by atoms with Crippen molar-refractivity contribution in [3.05, 3.63) is 46.9 Å². The van der Waals surface area contributed by atoms with Crippen LogP contribution in [0.2, 0.25) is 0 Å². The summed E-state index contributed by atoms with van der Waals surface area (Å²) in [6.07, 6.45) is 2.47. The summed E-state index contributed by atoms with van der Waals surface area (Å²) in [4.78, 5) is 34.5. The first-order valence-corrected chi connectivity index (χ1v) is 11.5. The highest BCUT2D eigenvalue weighted by Crippen LogP contribution is 2.29. The van der Waals surface area contributed by atoms with Gasteiger partial charge in [0, 0.05) is 27.2 Å². The maximum Gasteiger partial charge on any atom is 0.319 e. The SMILES string of the molecule is CN(C)C(=O)N1CCC(O)(Cn2cnc3c(cnn3-c3ccc(F)c(N4CC(F)C4)c3)c2=O)CC1. The lowest BCUT2D eigenvalue weighted by Crippen LogP contribution is -2.51. The number of hydrogen-bond acceptors (Lipinski definition) is 6.